The number of esters is 2. The zero-order valence-corrected chi connectivity index (χ0v) is 17.7. The van der Waals surface area contributed by atoms with Crippen LogP contribution in [-0.4, -0.2) is 39.9 Å². The number of ether oxygens (including phenoxy) is 4. The van der Waals surface area contributed by atoms with Crippen LogP contribution in [0.1, 0.15) is 17.5 Å². The lowest BCUT2D eigenvalue weighted by Crippen LogP contribution is -2.42. The third kappa shape index (κ3) is 5.41. The predicted molar refractivity (Wildman–Crippen MR) is 114 cm³/mol. The Kier molecular flexibility index (Phi) is 8.47. The maximum Gasteiger partial charge on any atom is 0.323 e. The number of hydrogen-bond donors (Lipinski definition) is 0. The summed E-state index contributed by atoms with van der Waals surface area (Å²) in [4.78, 5) is 25.1. The third-order valence-electron chi connectivity index (χ3n) is 4.87. The van der Waals surface area contributed by atoms with Gasteiger partial charge in [-0.1, -0.05) is 42.5 Å². The van der Waals surface area contributed by atoms with E-state index in [4.69, 9.17) is 18.9 Å². The highest BCUT2D eigenvalue weighted by Gasteiger charge is 2.47. The van der Waals surface area contributed by atoms with Gasteiger partial charge in [0, 0.05) is 6.42 Å². The van der Waals surface area contributed by atoms with E-state index < -0.39 is 17.4 Å². The summed E-state index contributed by atoms with van der Waals surface area (Å²) in [6, 6.07) is 15.3. The monoisotopic (exact) mass is 412 g/mol. The summed E-state index contributed by atoms with van der Waals surface area (Å²) in [5.41, 5.74) is 0.360. The van der Waals surface area contributed by atoms with Crippen molar-refractivity contribution in [1.29, 1.82) is 0 Å². The van der Waals surface area contributed by atoms with E-state index in [9.17, 15) is 9.59 Å². The summed E-state index contributed by atoms with van der Waals surface area (Å²) < 4.78 is 21.2. The molecule has 0 saturated carbocycles. The minimum atomic E-state index is -1.51. The molecule has 0 aliphatic rings. The number of rotatable bonds is 11. The molecule has 6 heteroatoms. The minimum absolute atomic E-state index is 0.0808. The Bertz CT molecular complexity index is 843. The Morgan fingerprint density at radius 2 is 1.60 bits per heavy atom. The fourth-order valence-corrected chi connectivity index (χ4v) is 3.32. The van der Waals surface area contributed by atoms with Gasteiger partial charge in [-0.05, 0) is 36.1 Å². The molecule has 0 atom stereocenters. The van der Waals surface area contributed by atoms with Crippen molar-refractivity contribution in [3.05, 3.63) is 72.3 Å². The molecule has 0 aliphatic carbocycles. The zero-order chi connectivity index (χ0) is 22.0. The number of carbonyl (C=O) groups excluding carboxylic acids is 2. The van der Waals surface area contributed by atoms with Gasteiger partial charge in [0.25, 0.3) is 0 Å². The Morgan fingerprint density at radius 3 is 2.17 bits per heavy atom. The average molecular weight is 412 g/mol. The molecule has 2 aromatic carbocycles. The van der Waals surface area contributed by atoms with E-state index in [1.807, 2.05) is 30.3 Å². The maximum absolute atomic E-state index is 12.5. The molecule has 160 valence electrons. The number of methoxy groups -OCH3 is 3. The first-order valence-corrected chi connectivity index (χ1v) is 9.62. The molecule has 0 heterocycles. The molecule has 0 saturated heterocycles. The summed E-state index contributed by atoms with van der Waals surface area (Å²) in [5.74, 6) is -0.237. The molecule has 0 fully saturated rings. The number of hydrogen-bond acceptors (Lipinski definition) is 6. The normalized spacial score (nSPS) is 10.8. The lowest BCUT2D eigenvalue weighted by molar-refractivity contribution is -0.168. The highest BCUT2D eigenvalue weighted by Crippen LogP contribution is 2.35. The van der Waals surface area contributed by atoms with Gasteiger partial charge in [-0.25, -0.2) is 0 Å². The molecule has 6 nitrogen and oxygen atoms in total. The molecule has 2 aromatic rings. The van der Waals surface area contributed by atoms with Crippen LogP contribution in [-0.2, 0) is 31.9 Å². The van der Waals surface area contributed by atoms with E-state index in [1.54, 1.807) is 25.3 Å². The summed E-state index contributed by atoms with van der Waals surface area (Å²) >= 11 is 0. The van der Waals surface area contributed by atoms with Gasteiger partial charge in [-0.3, -0.25) is 9.59 Å². The lowest BCUT2D eigenvalue weighted by Gasteiger charge is -2.27. The second-order valence-electron chi connectivity index (χ2n) is 6.80. The fourth-order valence-electron chi connectivity index (χ4n) is 3.32. The van der Waals surface area contributed by atoms with Gasteiger partial charge in [0.05, 0.1) is 27.9 Å². The van der Waals surface area contributed by atoms with E-state index in [-0.39, 0.29) is 12.8 Å². The van der Waals surface area contributed by atoms with Crippen LogP contribution in [0, 0.1) is 5.41 Å². The van der Waals surface area contributed by atoms with Crippen molar-refractivity contribution in [2.75, 3.05) is 27.9 Å². The van der Waals surface area contributed by atoms with Crippen LogP contribution < -0.4 is 9.47 Å². The van der Waals surface area contributed by atoms with Crippen molar-refractivity contribution in [2.45, 2.75) is 19.3 Å². The SMILES string of the molecule is C=CCC(Cc1ccc(OC)c(OCCc2ccccc2)c1)(C(=O)OC)C(=O)OC. The van der Waals surface area contributed by atoms with Crippen molar-refractivity contribution in [3.8, 4) is 11.5 Å². The van der Waals surface area contributed by atoms with Gasteiger partial charge in [-0.15, -0.1) is 6.58 Å². The first-order valence-electron chi connectivity index (χ1n) is 9.62. The van der Waals surface area contributed by atoms with Crippen LogP contribution in [0.25, 0.3) is 0 Å². The largest absolute Gasteiger partial charge is 0.493 e. The molecule has 0 amide bonds. The van der Waals surface area contributed by atoms with Crippen LogP contribution in [0.4, 0.5) is 0 Å². The van der Waals surface area contributed by atoms with Crippen molar-refractivity contribution in [1.82, 2.24) is 0 Å². The van der Waals surface area contributed by atoms with Gasteiger partial charge in [0.2, 0.25) is 0 Å². The smallest absolute Gasteiger partial charge is 0.323 e. The maximum atomic E-state index is 12.5. The third-order valence-corrected chi connectivity index (χ3v) is 4.87. The highest BCUT2D eigenvalue weighted by molar-refractivity contribution is 6.00. The van der Waals surface area contributed by atoms with Gasteiger partial charge in [0.15, 0.2) is 16.9 Å². The lowest BCUT2D eigenvalue weighted by atomic mass is 9.78. The summed E-state index contributed by atoms with van der Waals surface area (Å²) in [7, 11) is 4.05. The zero-order valence-electron chi connectivity index (χ0n) is 17.7. The number of benzene rings is 2. The number of allylic oxidation sites excluding steroid dienone is 1. The van der Waals surface area contributed by atoms with Crippen molar-refractivity contribution < 1.29 is 28.5 Å². The van der Waals surface area contributed by atoms with Crippen molar-refractivity contribution in [3.63, 3.8) is 0 Å². The molecule has 2 rings (SSSR count). The average Bonchev–Trinajstić information content (AvgIpc) is 2.78. The van der Waals surface area contributed by atoms with Crippen molar-refractivity contribution >= 4 is 11.9 Å². The summed E-state index contributed by atoms with van der Waals surface area (Å²) in [5, 5.41) is 0. The van der Waals surface area contributed by atoms with Gasteiger partial charge < -0.3 is 18.9 Å². The topological polar surface area (TPSA) is 71.1 Å². The van der Waals surface area contributed by atoms with Gasteiger partial charge in [0.1, 0.15) is 0 Å². The fraction of sp³-hybridized carbons (Fsp3) is 0.333. The van der Waals surface area contributed by atoms with Crippen LogP contribution >= 0.6 is 0 Å². The Labute approximate surface area is 177 Å². The summed E-state index contributed by atoms with van der Waals surface area (Å²) in [6.07, 6.45) is 2.41. The van der Waals surface area contributed by atoms with E-state index in [1.165, 1.54) is 20.3 Å². The Balaban J connectivity index is 2.27. The van der Waals surface area contributed by atoms with Crippen LogP contribution in [0.3, 0.4) is 0 Å². The molecular weight excluding hydrogens is 384 g/mol. The first-order chi connectivity index (χ1) is 14.5. The molecule has 0 aromatic heterocycles. The van der Waals surface area contributed by atoms with E-state index in [0.717, 1.165) is 12.0 Å². The molecule has 0 aliphatic heterocycles. The van der Waals surface area contributed by atoms with E-state index in [2.05, 4.69) is 6.58 Å². The van der Waals surface area contributed by atoms with Gasteiger partial charge >= 0.3 is 11.9 Å². The predicted octanol–water partition coefficient (Wildman–Crippen LogP) is 3.77. The molecule has 0 bridgehead atoms. The standard InChI is InChI=1S/C24H28O6/c1-5-14-24(22(25)28-3,23(26)29-4)17-19-11-12-20(27-2)21(16-19)30-15-13-18-9-7-6-8-10-18/h5-12,16H,1,13-15,17H2,2-4H3. The molecule has 0 unspecified atom stereocenters. The molecule has 0 spiro atoms. The van der Waals surface area contributed by atoms with Crippen LogP contribution in [0.2, 0.25) is 0 Å². The quantitative estimate of drug-likeness (QED) is 0.318. The second-order valence-corrected chi connectivity index (χ2v) is 6.80. The second kappa shape index (κ2) is 11.0. The highest BCUT2D eigenvalue weighted by atomic mass is 16.5. The summed E-state index contributed by atoms with van der Waals surface area (Å²) in [6.45, 7) is 4.13. The van der Waals surface area contributed by atoms with Crippen molar-refractivity contribution in [2.24, 2.45) is 5.41 Å². The molecule has 0 N–H and O–H groups in total. The molecular formula is C24H28O6. The van der Waals surface area contributed by atoms with E-state index >= 15 is 0 Å². The van der Waals surface area contributed by atoms with Crippen LogP contribution in [0.15, 0.2) is 61.2 Å². The first kappa shape index (κ1) is 23.0. The minimum Gasteiger partial charge on any atom is -0.493 e. The van der Waals surface area contributed by atoms with Crippen LogP contribution in [0.5, 0.6) is 11.5 Å². The van der Waals surface area contributed by atoms with Gasteiger partial charge in [-0.2, -0.15) is 0 Å². The Hall–Kier alpha value is -3.28. The number of carbonyl (C=O) groups is 2. The molecule has 30 heavy (non-hydrogen) atoms. The Morgan fingerprint density at radius 1 is 0.933 bits per heavy atom. The molecule has 0 radical (unpaired) electrons. The van der Waals surface area contributed by atoms with E-state index in [0.29, 0.717) is 23.7 Å².